The molecule has 156 valence electrons. The van der Waals surface area contributed by atoms with Gasteiger partial charge in [-0.25, -0.2) is 0 Å². The maximum atomic E-state index is 13.0. The molecule has 1 heterocycles. The van der Waals surface area contributed by atoms with Crippen LogP contribution in [0.4, 0.5) is 24.5 Å². The summed E-state index contributed by atoms with van der Waals surface area (Å²) in [6.07, 6.45) is -4.63. The second kappa shape index (κ2) is 8.46. The van der Waals surface area contributed by atoms with Crippen LogP contribution in [0.1, 0.15) is 21.9 Å². The number of nitrogens with one attached hydrogen (secondary N) is 1. The van der Waals surface area contributed by atoms with Crippen LogP contribution in [-0.4, -0.2) is 10.8 Å². The van der Waals surface area contributed by atoms with Crippen LogP contribution in [0.15, 0.2) is 59.0 Å². The molecule has 2 aromatic carbocycles. The monoisotopic (exact) mass is 440 g/mol. The number of carbonyl (C=O) groups excluding carboxylic acids is 1. The molecule has 1 N–H and O–H groups in total. The molecule has 0 saturated carbocycles. The van der Waals surface area contributed by atoms with Gasteiger partial charge < -0.3 is 14.5 Å². The molecule has 0 aliphatic rings. The summed E-state index contributed by atoms with van der Waals surface area (Å²) in [7, 11) is 0. The third-order valence-corrected chi connectivity index (χ3v) is 4.16. The highest BCUT2D eigenvalue weighted by Crippen LogP contribution is 2.35. The number of furan rings is 1. The first kappa shape index (κ1) is 21.2. The summed E-state index contributed by atoms with van der Waals surface area (Å²) in [4.78, 5) is 22.3. The van der Waals surface area contributed by atoms with Gasteiger partial charge in [-0.15, -0.1) is 0 Å². The topological polar surface area (TPSA) is 94.6 Å². The van der Waals surface area contributed by atoms with Gasteiger partial charge in [0.25, 0.3) is 11.6 Å². The Hall–Kier alpha value is -3.53. The number of hydrogen-bond donors (Lipinski definition) is 1. The Kier molecular flexibility index (Phi) is 5.97. The molecule has 0 fully saturated rings. The minimum Gasteiger partial charge on any atom is -0.484 e. The number of rotatable bonds is 6. The molecule has 11 heteroatoms. The van der Waals surface area contributed by atoms with Gasteiger partial charge in [0.15, 0.2) is 5.76 Å². The lowest BCUT2D eigenvalue weighted by atomic mass is 10.1. The van der Waals surface area contributed by atoms with Crippen LogP contribution < -0.4 is 10.1 Å². The van der Waals surface area contributed by atoms with E-state index in [0.29, 0.717) is 0 Å². The lowest BCUT2D eigenvalue weighted by Gasteiger charge is -2.12. The molecule has 1 aromatic heterocycles. The Labute approximate surface area is 172 Å². The molecule has 0 spiro atoms. The van der Waals surface area contributed by atoms with E-state index in [1.165, 1.54) is 36.4 Å². The number of benzene rings is 2. The second-order valence-corrected chi connectivity index (χ2v) is 6.33. The number of nitro benzene ring substituents is 1. The van der Waals surface area contributed by atoms with E-state index < -0.39 is 28.3 Å². The number of amides is 1. The first-order chi connectivity index (χ1) is 14.1. The van der Waals surface area contributed by atoms with Crippen LogP contribution in [-0.2, 0) is 12.8 Å². The van der Waals surface area contributed by atoms with E-state index in [2.05, 4.69) is 5.32 Å². The van der Waals surface area contributed by atoms with Crippen molar-refractivity contribution in [2.24, 2.45) is 0 Å². The maximum absolute atomic E-state index is 13.0. The number of halogens is 4. The highest BCUT2D eigenvalue weighted by atomic mass is 35.5. The number of alkyl halides is 3. The first-order valence-corrected chi connectivity index (χ1v) is 8.66. The lowest BCUT2D eigenvalue weighted by molar-refractivity contribution is -0.384. The van der Waals surface area contributed by atoms with Gasteiger partial charge in [0, 0.05) is 12.1 Å². The van der Waals surface area contributed by atoms with Crippen LogP contribution in [0.3, 0.4) is 0 Å². The van der Waals surface area contributed by atoms with E-state index in [-0.39, 0.29) is 34.6 Å². The Morgan fingerprint density at radius 1 is 1.17 bits per heavy atom. The third kappa shape index (κ3) is 4.90. The molecule has 3 aromatic rings. The van der Waals surface area contributed by atoms with Crippen molar-refractivity contribution >= 4 is 28.9 Å². The minimum absolute atomic E-state index is 0.0116. The van der Waals surface area contributed by atoms with Gasteiger partial charge in [0.05, 0.1) is 21.2 Å². The Morgan fingerprint density at radius 3 is 2.57 bits per heavy atom. The maximum Gasteiger partial charge on any atom is 0.418 e. The van der Waals surface area contributed by atoms with Gasteiger partial charge >= 0.3 is 6.18 Å². The van der Waals surface area contributed by atoms with Gasteiger partial charge in [-0.05, 0) is 30.3 Å². The van der Waals surface area contributed by atoms with Crippen molar-refractivity contribution in [1.82, 2.24) is 0 Å². The fourth-order valence-electron chi connectivity index (χ4n) is 2.47. The molecular formula is C19H12ClF3N2O5. The van der Waals surface area contributed by atoms with E-state index in [1.807, 2.05) is 0 Å². The summed E-state index contributed by atoms with van der Waals surface area (Å²) in [5, 5.41) is 12.9. The molecule has 0 unspecified atom stereocenters. The summed E-state index contributed by atoms with van der Waals surface area (Å²) in [5.74, 6) is -0.742. The van der Waals surface area contributed by atoms with Crippen molar-refractivity contribution < 1.29 is 32.0 Å². The number of nitrogens with zero attached hydrogens (tertiary/aromatic N) is 1. The molecule has 0 saturated heterocycles. The van der Waals surface area contributed by atoms with Crippen molar-refractivity contribution in [3.05, 3.63) is 86.8 Å². The molecule has 1 amide bonds. The molecular weight excluding hydrogens is 429 g/mol. The van der Waals surface area contributed by atoms with Crippen molar-refractivity contribution in [2.75, 3.05) is 5.32 Å². The van der Waals surface area contributed by atoms with E-state index >= 15 is 0 Å². The van der Waals surface area contributed by atoms with Crippen LogP contribution in [0.2, 0.25) is 5.02 Å². The Balaban J connectivity index is 1.67. The van der Waals surface area contributed by atoms with Crippen LogP contribution in [0, 0.1) is 10.1 Å². The number of anilines is 1. The van der Waals surface area contributed by atoms with E-state index in [4.69, 9.17) is 20.8 Å². The van der Waals surface area contributed by atoms with Crippen molar-refractivity contribution in [3.8, 4) is 5.75 Å². The number of non-ortho nitro benzene ring substituents is 1. The zero-order chi connectivity index (χ0) is 21.9. The Morgan fingerprint density at radius 2 is 1.90 bits per heavy atom. The average molecular weight is 441 g/mol. The smallest absolute Gasteiger partial charge is 0.418 e. The summed E-state index contributed by atoms with van der Waals surface area (Å²) in [5.41, 5.74) is -1.59. The molecule has 3 rings (SSSR count). The molecule has 30 heavy (non-hydrogen) atoms. The quantitative estimate of drug-likeness (QED) is 0.392. The normalized spacial score (nSPS) is 11.2. The summed E-state index contributed by atoms with van der Waals surface area (Å²) >= 11 is 5.92. The number of carbonyl (C=O) groups is 1. The molecule has 0 radical (unpaired) electrons. The summed E-state index contributed by atoms with van der Waals surface area (Å²) < 4.78 is 49.8. The van der Waals surface area contributed by atoms with Crippen LogP contribution in [0.5, 0.6) is 5.75 Å². The predicted octanol–water partition coefficient (Wildman–Crippen LogP) is 5.69. The SMILES string of the molecule is O=C(Nc1ccccc1C(F)(F)F)c1ccc(COc2ccc([N+](=O)[O-])cc2Cl)o1. The number of nitro groups is 1. The van der Waals surface area contributed by atoms with Crippen molar-refractivity contribution in [2.45, 2.75) is 12.8 Å². The van der Waals surface area contributed by atoms with Gasteiger partial charge in [0.2, 0.25) is 0 Å². The van der Waals surface area contributed by atoms with Gasteiger partial charge in [-0.2, -0.15) is 13.2 Å². The van der Waals surface area contributed by atoms with Gasteiger partial charge in [-0.1, -0.05) is 23.7 Å². The standard InChI is InChI=1S/C19H12ClF3N2O5/c20-14-9-11(25(27)28)5-7-16(14)29-10-12-6-8-17(30-12)18(26)24-15-4-2-1-3-13(15)19(21,22)23/h1-9H,10H2,(H,24,26). The summed E-state index contributed by atoms with van der Waals surface area (Å²) in [6.45, 7) is -0.163. The molecule has 7 nitrogen and oxygen atoms in total. The zero-order valence-corrected chi connectivity index (χ0v) is 15.7. The van der Waals surface area contributed by atoms with E-state index in [0.717, 1.165) is 18.2 Å². The fraction of sp³-hybridized carbons (Fsp3) is 0.105. The van der Waals surface area contributed by atoms with Gasteiger partial charge in [0.1, 0.15) is 18.1 Å². The van der Waals surface area contributed by atoms with E-state index in [9.17, 15) is 28.1 Å². The molecule has 0 aliphatic carbocycles. The number of ether oxygens (including phenoxy) is 1. The van der Waals surface area contributed by atoms with E-state index in [1.54, 1.807) is 0 Å². The first-order valence-electron chi connectivity index (χ1n) is 8.28. The lowest BCUT2D eigenvalue weighted by Crippen LogP contribution is -2.16. The molecule has 0 bridgehead atoms. The molecule has 0 aliphatic heterocycles. The highest BCUT2D eigenvalue weighted by Gasteiger charge is 2.33. The van der Waals surface area contributed by atoms with Crippen molar-refractivity contribution in [3.63, 3.8) is 0 Å². The van der Waals surface area contributed by atoms with Crippen LogP contribution in [0.25, 0.3) is 0 Å². The third-order valence-electron chi connectivity index (χ3n) is 3.86. The predicted molar refractivity (Wildman–Crippen MR) is 101 cm³/mol. The van der Waals surface area contributed by atoms with Crippen LogP contribution >= 0.6 is 11.6 Å². The largest absolute Gasteiger partial charge is 0.484 e. The minimum atomic E-state index is -4.63. The highest BCUT2D eigenvalue weighted by molar-refractivity contribution is 6.32. The fourth-order valence-corrected chi connectivity index (χ4v) is 2.70. The van der Waals surface area contributed by atoms with Crippen molar-refractivity contribution in [1.29, 1.82) is 0 Å². The number of para-hydroxylation sites is 1. The van der Waals surface area contributed by atoms with Gasteiger partial charge in [-0.3, -0.25) is 14.9 Å². The Bertz CT molecular complexity index is 1100. The second-order valence-electron chi connectivity index (χ2n) is 5.92. The average Bonchev–Trinajstić information content (AvgIpc) is 3.15. The molecule has 0 atom stereocenters. The zero-order valence-electron chi connectivity index (χ0n) is 14.9. The number of hydrogen-bond acceptors (Lipinski definition) is 5. The summed E-state index contributed by atoms with van der Waals surface area (Å²) in [6, 6.07) is 10.9.